The molecule has 0 aliphatic heterocycles. The van der Waals surface area contributed by atoms with Crippen LogP contribution in [0.2, 0.25) is 0 Å². The van der Waals surface area contributed by atoms with Crippen LogP contribution in [0.25, 0.3) is 5.82 Å². The summed E-state index contributed by atoms with van der Waals surface area (Å²) in [6.07, 6.45) is -4.91. The summed E-state index contributed by atoms with van der Waals surface area (Å²) in [6.45, 7) is 4.94. The van der Waals surface area contributed by atoms with Crippen LogP contribution >= 0.6 is 0 Å². The molecule has 11 heteroatoms. The molecular formula is C19H17F4N5O2. The molecule has 0 bridgehead atoms. The van der Waals surface area contributed by atoms with Crippen LogP contribution in [-0.4, -0.2) is 25.5 Å². The highest BCUT2D eigenvalue weighted by Gasteiger charge is 2.34. The van der Waals surface area contributed by atoms with Gasteiger partial charge >= 0.3 is 6.18 Å². The third-order valence-corrected chi connectivity index (χ3v) is 4.32. The second-order valence-electron chi connectivity index (χ2n) is 6.67. The number of hydrogen-bond donors (Lipinski definition) is 1. The minimum absolute atomic E-state index is 0.261. The molecule has 1 N–H and O–H groups in total. The van der Waals surface area contributed by atoms with Gasteiger partial charge in [-0.15, -0.1) is 5.10 Å². The van der Waals surface area contributed by atoms with E-state index in [0.717, 1.165) is 22.1 Å². The van der Waals surface area contributed by atoms with Crippen molar-refractivity contribution in [1.29, 1.82) is 0 Å². The standard InChI is InChI=1S/C19H17F4N5O2/c1-10-8-11(2)27(25-10)16-6-7-17(29)28(26-16)12(3)18(30)24-13-4-5-15(20)14(9-13)19(21,22)23/h4-9,12H,1-3H3,(H,24,30). The number of anilines is 1. The Bertz CT molecular complexity index is 1170. The number of hydrogen-bond acceptors (Lipinski definition) is 4. The Morgan fingerprint density at radius 3 is 2.40 bits per heavy atom. The summed E-state index contributed by atoms with van der Waals surface area (Å²) >= 11 is 0. The first-order chi connectivity index (χ1) is 14.0. The molecule has 0 aliphatic rings. The lowest BCUT2D eigenvalue weighted by atomic mass is 10.1. The van der Waals surface area contributed by atoms with Gasteiger partial charge in [0.15, 0.2) is 5.82 Å². The van der Waals surface area contributed by atoms with E-state index in [0.29, 0.717) is 18.0 Å². The first-order valence-electron chi connectivity index (χ1n) is 8.78. The van der Waals surface area contributed by atoms with Crippen LogP contribution in [-0.2, 0) is 11.0 Å². The summed E-state index contributed by atoms with van der Waals surface area (Å²) in [6, 6.07) is 5.39. The minimum atomic E-state index is -4.91. The monoisotopic (exact) mass is 423 g/mol. The molecule has 0 spiro atoms. The van der Waals surface area contributed by atoms with E-state index in [-0.39, 0.29) is 5.69 Å². The molecule has 158 valence electrons. The summed E-state index contributed by atoms with van der Waals surface area (Å²) in [5.74, 6) is -1.96. The Hall–Kier alpha value is -3.50. The molecule has 1 unspecified atom stereocenters. The third-order valence-electron chi connectivity index (χ3n) is 4.32. The number of aromatic nitrogens is 4. The number of halogens is 4. The lowest BCUT2D eigenvalue weighted by molar-refractivity contribution is -0.140. The van der Waals surface area contributed by atoms with Crippen molar-refractivity contribution in [2.75, 3.05) is 5.32 Å². The molecule has 0 radical (unpaired) electrons. The van der Waals surface area contributed by atoms with Crippen LogP contribution in [0.1, 0.15) is 29.9 Å². The van der Waals surface area contributed by atoms with Crippen LogP contribution < -0.4 is 10.9 Å². The molecule has 1 atom stereocenters. The van der Waals surface area contributed by atoms with Crippen molar-refractivity contribution in [2.24, 2.45) is 0 Å². The number of rotatable bonds is 4. The molecule has 3 aromatic rings. The maximum absolute atomic E-state index is 13.4. The van der Waals surface area contributed by atoms with Gasteiger partial charge in [0.25, 0.3) is 5.56 Å². The van der Waals surface area contributed by atoms with Crippen LogP contribution in [0.5, 0.6) is 0 Å². The van der Waals surface area contributed by atoms with Crippen LogP contribution in [0.15, 0.2) is 41.2 Å². The van der Waals surface area contributed by atoms with Crippen molar-refractivity contribution in [3.8, 4) is 5.82 Å². The Morgan fingerprint density at radius 1 is 1.10 bits per heavy atom. The highest BCUT2D eigenvalue weighted by Crippen LogP contribution is 2.33. The van der Waals surface area contributed by atoms with E-state index in [1.165, 1.54) is 23.7 Å². The van der Waals surface area contributed by atoms with Crippen molar-refractivity contribution in [3.05, 3.63) is 69.5 Å². The van der Waals surface area contributed by atoms with Gasteiger partial charge in [0.2, 0.25) is 5.91 Å². The van der Waals surface area contributed by atoms with Crippen molar-refractivity contribution in [1.82, 2.24) is 19.6 Å². The molecule has 1 aromatic carbocycles. The second kappa shape index (κ2) is 7.73. The van der Waals surface area contributed by atoms with Gasteiger partial charge in [-0.3, -0.25) is 9.59 Å². The number of amides is 1. The molecule has 30 heavy (non-hydrogen) atoms. The first-order valence-corrected chi connectivity index (χ1v) is 8.78. The Kier molecular flexibility index (Phi) is 5.47. The largest absolute Gasteiger partial charge is 0.419 e. The second-order valence-corrected chi connectivity index (χ2v) is 6.67. The first kappa shape index (κ1) is 21.2. The van der Waals surface area contributed by atoms with Gasteiger partial charge < -0.3 is 5.32 Å². The molecule has 7 nitrogen and oxygen atoms in total. The molecule has 1 amide bonds. The predicted octanol–water partition coefficient (Wildman–Crippen LogP) is 3.40. The Labute approximate surface area is 167 Å². The zero-order valence-electron chi connectivity index (χ0n) is 16.2. The molecule has 2 aromatic heterocycles. The average Bonchev–Trinajstić information content (AvgIpc) is 3.00. The summed E-state index contributed by atoms with van der Waals surface area (Å²) in [4.78, 5) is 24.7. The summed E-state index contributed by atoms with van der Waals surface area (Å²) in [7, 11) is 0. The van der Waals surface area contributed by atoms with Crippen molar-refractivity contribution >= 4 is 11.6 Å². The van der Waals surface area contributed by atoms with E-state index in [9.17, 15) is 27.2 Å². The van der Waals surface area contributed by atoms with Gasteiger partial charge in [-0.2, -0.15) is 18.3 Å². The molecule has 0 saturated heterocycles. The maximum Gasteiger partial charge on any atom is 0.419 e. The van der Waals surface area contributed by atoms with Gasteiger partial charge in [-0.25, -0.2) is 13.8 Å². The van der Waals surface area contributed by atoms with E-state index in [1.807, 2.05) is 0 Å². The highest BCUT2D eigenvalue weighted by atomic mass is 19.4. The molecule has 3 rings (SSSR count). The topological polar surface area (TPSA) is 81.8 Å². The quantitative estimate of drug-likeness (QED) is 0.652. The zero-order valence-corrected chi connectivity index (χ0v) is 16.2. The van der Waals surface area contributed by atoms with Gasteiger partial charge in [-0.1, -0.05) is 0 Å². The van der Waals surface area contributed by atoms with Gasteiger partial charge in [0, 0.05) is 17.4 Å². The summed E-state index contributed by atoms with van der Waals surface area (Å²) in [5, 5.41) is 10.7. The van der Waals surface area contributed by atoms with Gasteiger partial charge in [0.05, 0.1) is 11.3 Å². The lowest BCUT2D eigenvalue weighted by Crippen LogP contribution is -2.33. The highest BCUT2D eigenvalue weighted by molar-refractivity contribution is 5.93. The number of benzene rings is 1. The van der Waals surface area contributed by atoms with E-state index in [1.54, 1.807) is 19.9 Å². The van der Waals surface area contributed by atoms with Gasteiger partial charge in [-0.05, 0) is 51.1 Å². The number of nitrogens with one attached hydrogen (secondary N) is 1. The fourth-order valence-electron chi connectivity index (χ4n) is 2.84. The fraction of sp³-hybridized carbons (Fsp3) is 0.263. The Balaban J connectivity index is 1.89. The normalized spacial score (nSPS) is 12.6. The number of carbonyl (C=O) groups excluding carboxylic acids is 1. The van der Waals surface area contributed by atoms with Crippen molar-refractivity contribution < 1.29 is 22.4 Å². The number of alkyl halides is 3. The molecule has 2 heterocycles. The summed E-state index contributed by atoms with van der Waals surface area (Å²) in [5.41, 5.74) is -0.862. The predicted molar refractivity (Wildman–Crippen MR) is 99.8 cm³/mol. The van der Waals surface area contributed by atoms with Crippen LogP contribution in [0.4, 0.5) is 23.2 Å². The minimum Gasteiger partial charge on any atom is -0.324 e. The number of carbonyl (C=O) groups is 1. The average molecular weight is 423 g/mol. The van der Waals surface area contributed by atoms with Crippen LogP contribution in [0, 0.1) is 19.7 Å². The molecular weight excluding hydrogens is 406 g/mol. The van der Waals surface area contributed by atoms with E-state index in [2.05, 4.69) is 15.5 Å². The van der Waals surface area contributed by atoms with Gasteiger partial charge in [0.1, 0.15) is 11.9 Å². The Morgan fingerprint density at radius 2 is 1.80 bits per heavy atom. The number of nitrogens with zero attached hydrogens (tertiary/aromatic N) is 4. The molecule has 0 aliphatic carbocycles. The van der Waals surface area contributed by atoms with Crippen molar-refractivity contribution in [2.45, 2.75) is 33.0 Å². The molecule has 0 saturated carbocycles. The van der Waals surface area contributed by atoms with Crippen molar-refractivity contribution in [3.63, 3.8) is 0 Å². The SMILES string of the molecule is Cc1cc(C)n(-c2ccc(=O)n(C(C)C(=O)Nc3ccc(F)c(C(F)(F)F)c3)n2)n1. The fourth-order valence-corrected chi connectivity index (χ4v) is 2.84. The molecule has 0 fully saturated rings. The third kappa shape index (κ3) is 4.24. The number of aryl methyl sites for hydroxylation is 2. The van der Waals surface area contributed by atoms with Crippen LogP contribution in [0.3, 0.4) is 0 Å². The maximum atomic E-state index is 13.4. The van der Waals surface area contributed by atoms with E-state index in [4.69, 9.17) is 0 Å². The van der Waals surface area contributed by atoms with E-state index < -0.39 is 35.1 Å². The smallest absolute Gasteiger partial charge is 0.324 e. The zero-order chi connectivity index (χ0) is 22.2. The summed E-state index contributed by atoms with van der Waals surface area (Å²) < 4.78 is 54.4. The lowest BCUT2D eigenvalue weighted by Gasteiger charge is -2.16. The van der Waals surface area contributed by atoms with E-state index >= 15 is 0 Å².